The molecule has 0 atom stereocenters. The lowest BCUT2D eigenvalue weighted by Crippen LogP contribution is -1.98. The van der Waals surface area contributed by atoms with E-state index in [4.69, 9.17) is 5.10 Å². The van der Waals surface area contributed by atoms with Gasteiger partial charge in [0.15, 0.2) is 0 Å². The van der Waals surface area contributed by atoms with E-state index in [1.807, 2.05) is 73.8 Å². The van der Waals surface area contributed by atoms with Crippen LogP contribution in [0.25, 0.3) is 11.3 Å². The fourth-order valence-electron chi connectivity index (χ4n) is 2.98. The molecule has 0 radical (unpaired) electrons. The third-order valence-corrected chi connectivity index (χ3v) is 5.63. The number of hydrogen-bond donors (Lipinski definition) is 1. The molecular weight excluding hydrogens is 520 g/mol. The van der Waals surface area contributed by atoms with Crippen LogP contribution in [0.2, 0.25) is 0 Å². The zero-order valence-electron chi connectivity index (χ0n) is 16.6. The average molecular weight is 538 g/mol. The van der Waals surface area contributed by atoms with E-state index < -0.39 is 0 Å². The van der Waals surface area contributed by atoms with Crippen molar-refractivity contribution >= 4 is 49.7 Å². The van der Waals surface area contributed by atoms with Crippen LogP contribution in [-0.4, -0.2) is 26.7 Å². The van der Waals surface area contributed by atoms with Gasteiger partial charge in [-0.1, -0.05) is 76.6 Å². The Kier molecular flexibility index (Phi) is 6.44. The maximum absolute atomic E-state index is 10.3. The summed E-state index contributed by atoms with van der Waals surface area (Å²) in [6.45, 7) is 1.95. The van der Waals surface area contributed by atoms with Crippen molar-refractivity contribution in [1.29, 1.82) is 0 Å². The van der Waals surface area contributed by atoms with Crippen LogP contribution in [0.3, 0.4) is 0 Å². The molecule has 0 aliphatic carbocycles. The lowest BCUT2D eigenvalue weighted by atomic mass is 10.1. The lowest BCUT2D eigenvalue weighted by Gasteiger charge is -2.04. The molecule has 7 heteroatoms. The monoisotopic (exact) mass is 536 g/mol. The van der Waals surface area contributed by atoms with Gasteiger partial charge in [0.05, 0.1) is 22.1 Å². The minimum absolute atomic E-state index is 0.109. The van der Waals surface area contributed by atoms with E-state index in [0.717, 1.165) is 27.0 Å². The molecule has 1 aromatic heterocycles. The van der Waals surface area contributed by atoms with Crippen molar-refractivity contribution in [3.05, 3.63) is 99.1 Å². The van der Waals surface area contributed by atoms with E-state index in [0.29, 0.717) is 16.0 Å². The van der Waals surface area contributed by atoms with Gasteiger partial charge < -0.3 is 5.11 Å². The topological polar surface area (TPSA) is 62.8 Å². The summed E-state index contributed by atoms with van der Waals surface area (Å²) in [5, 5.41) is 15.1. The van der Waals surface area contributed by atoms with E-state index in [-0.39, 0.29) is 5.75 Å². The number of aromatic nitrogens is 2. The average Bonchev–Trinajstić information content (AvgIpc) is 3.19. The van der Waals surface area contributed by atoms with E-state index in [1.54, 1.807) is 23.0 Å². The largest absolute Gasteiger partial charge is 0.506 e. The van der Waals surface area contributed by atoms with Crippen LogP contribution in [0.1, 0.15) is 18.1 Å². The Bertz CT molecular complexity index is 1270. The van der Waals surface area contributed by atoms with Crippen LogP contribution < -0.4 is 0 Å². The van der Waals surface area contributed by atoms with Crippen molar-refractivity contribution < 1.29 is 5.11 Å². The number of phenols is 1. The van der Waals surface area contributed by atoms with Crippen LogP contribution >= 0.6 is 31.9 Å². The molecule has 31 heavy (non-hydrogen) atoms. The highest BCUT2D eigenvalue weighted by Crippen LogP contribution is 2.31. The summed E-state index contributed by atoms with van der Waals surface area (Å²) in [5.74, 6) is 0.516. The second-order valence-electron chi connectivity index (χ2n) is 6.77. The molecule has 0 saturated heterocycles. The van der Waals surface area contributed by atoms with Crippen LogP contribution in [0.5, 0.6) is 5.75 Å². The fourth-order valence-corrected chi connectivity index (χ4v) is 4.24. The molecule has 1 heterocycles. The zero-order chi connectivity index (χ0) is 21.8. The molecule has 0 fully saturated rings. The second-order valence-corrected chi connectivity index (χ2v) is 8.54. The van der Waals surface area contributed by atoms with Gasteiger partial charge in [0, 0.05) is 21.8 Å². The number of benzene rings is 3. The van der Waals surface area contributed by atoms with Crippen molar-refractivity contribution in [2.75, 3.05) is 0 Å². The Morgan fingerprint density at radius 2 is 1.68 bits per heavy atom. The molecule has 0 unspecified atom stereocenters. The molecule has 0 spiro atoms. The number of imidazole rings is 1. The number of nitrogens with zero attached hydrogens (tertiary/aromatic N) is 4. The SMILES string of the molecule is C/C(=N\n1cc(-c2ccccc2)nc1/N=C/c1cc(Br)cc(Br)c1O)c1ccccc1. The van der Waals surface area contributed by atoms with Crippen molar-refractivity contribution in [1.82, 2.24) is 9.66 Å². The van der Waals surface area contributed by atoms with Gasteiger partial charge in [-0.2, -0.15) is 5.10 Å². The van der Waals surface area contributed by atoms with E-state index in [9.17, 15) is 5.11 Å². The quantitative estimate of drug-likeness (QED) is 0.284. The van der Waals surface area contributed by atoms with Gasteiger partial charge in [-0.05, 0) is 40.5 Å². The van der Waals surface area contributed by atoms with Gasteiger partial charge in [0.25, 0.3) is 5.95 Å². The molecule has 0 aliphatic heterocycles. The standard InChI is InChI=1S/C24H18Br2N4O/c1-16(17-8-4-2-5-9-17)29-30-15-22(18-10-6-3-7-11-18)28-24(30)27-14-19-12-20(25)13-21(26)23(19)31/h2-15,31H,1H3/b27-14+,29-16+. The van der Waals surface area contributed by atoms with Crippen molar-refractivity contribution in [2.24, 2.45) is 10.1 Å². The molecule has 0 saturated carbocycles. The number of rotatable bonds is 5. The molecule has 154 valence electrons. The summed E-state index contributed by atoms with van der Waals surface area (Å²) in [5.41, 5.74) is 4.14. The first-order valence-electron chi connectivity index (χ1n) is 9.49. The summed E-state index contributed by atoms with van der Waals surface area (Å²) in [7, 11) is 0. The summed E-state index contributed by atoms with van der Waals surface area (Å²) < 4.78 is 3.06. The maximum atomic E-state index is 10.3. The van der Waals surface area contributed by atoms with Gasteiger partial charge >= 0.3 is 0 Å². The van der Waals surface area contributed by atoms with E-state index in [2.05, 4.69) is 41.8 Å². The van der Waals surface area contributed by atoms with Crippen molar-refractivity contribution in [2.45, 2.75) is 6.92 Å². The predicted octanol–water partition coefficient (Wildman–Crippen LogP) is 6.80. The first-order valence-corrected chi connectivity index (χ1v) is 11.1. The zero-order valence-corrected chi connectivity index (χ0v) is 19.7. The van der Waals surface area contributed by atoms with Crippen LogP contribution in [0.4, 0.5) is 5.95 Å². The van der Waals surface area contributed by atoms with Gasteiger partial charge in [-0.25, -0.2) is 14.7 Å². The molecule has 0 amide bonds. The Labute approximate surface area is 197 Å². The number of aliphatic imine (C=N–C) groups is 1. The van der Waals surface area contributed by atoms with Crippen LogP contribution in [-0.2, 0) is 0 Å². The van der Waals surface area contributed by atoms with Gasteiger partial charge in [-0.3, -0.25) is 0 Å². The number of aromatic hydroxyl groups is 1. The highest BCUT2D eigenvalue weighted by molar-refractivity contribution is 9.11. The first-order chi connectivity index (χ1) is 15.0. The fraction of sp³-hybridized carbons (Fsp3) is 0.0417. The van der Waals surface area contributed by atoms with Gasteiger partial charge in [-0.15, -0.1) is 0 Å². The van der Waals surface area contributed by atoms with E-state index >= 15 is 0 Å². The van der Waals surface area contributed by atoms with Gasteiger partial charge in [0.1, 0.15) is 5.75 Å². The molecule has 3 aromatic carbocycles. The van der Waals surface area contributed by atoms with Crippen molar-refractivity contribution in [3.8, 4) is 17.0 Å². The van der Waals surface area contributed by atoms with E-state index in [1.165, 1.54) is 0 Å². The first kappa shape index (κ1) is 21.2. The molecule has 4 aromatic rings. The Morgan fingerprint density at radius 1 is 1.00 bits per heavy atom. The molecule has 4 rings (SSSR count). The molecular formula is C24H18Br2N4O. The third-order valence-electron chi connectivity index (χ3n) is 4.57. The summed E-state index contributed by atoms with van der Waals surface area (Å²) in [4.78, 5) is 9.20. The normalized spacial score (nSPS) is 11.9. The lowest BCUT2D eigenvalue weighted by molar-refractivity contribution is 0.471. The molecule has 0 aliphatic rings. The number of halogens is 2. The third kappa shape index (κ3) is 5.00. The molecule has 0 bridgehead atoms. The van der Waals surface area contributed by atoms with Crippen LogP contribution in [0.15, 0.2) is 98.0 Å². The summed E-state index contributed by atoms with van der Waals surface area (Å²) in [6.07, 6.45) is 3.43. The molecule has 1 N–H and O–H groups in total. The van der Waals surface area contributed by atoms with Crippen LogP contribution in [0, 0.1) is 0 Å². The van der Waals surface area contributed by atoms with Gasteiger partial charge in [0.2, 0.25) is 0 Å². The minimum Gasteiger partial charge on any atom is -0.506 e. The number of phenolic OH excluding ortho intramolecular Hbond substituents is 1. The minimum atomic E-state index is 0.109. The molecule has 5 nitrogen and oxygen atoms in total. The second kappa shape index (κ2) is 9.41. The summed E-state index contributed by atoms with van der Waals surface area (Å²) >= 11 is 6.78. The highest BCUT2D eigenvalue weighted by atomic mass is 79.9. The maximum Gasteiger partial charge on any atom is 0.251 e. The highest BCUT2D eigenvalue weighted by Gasteiger charge is 2.11. The number of hydrogen-bond acceptors (Lipinski definition) is 4. The smallest absolute Gasteiger partial charge is 0.251 e. The summed E-state index contributed by atoms with van der Waals surface area (Å²) in [6, 6.07) is 23.4. The predicted molar refractivity (Wildman–Crippen MR) is 132 cm³/mol. The Hall–Kier alpha value is -3.03. The Morgan fingerprint density at radius 3 is 2.39 bits per heavy atom. The van der Waals surface area contributed by atoms with Crippen molar-refractivity contribution in [3.63, 3.8) is 0 Å². The Balaban J connectivity index is 1.78.